The Balaban J connectivity index is 2.79. The van der Waals surface area contributed by atoms with Crippen LogP contribution < -0.4 is 10.2 Å². The monoisotopic (exact) mass is 326 g/mol. The van der Waals surface area contributed by atoms with Gasteiger partial charge in [0.1, 0.15) is 0 Å². The first-order valence-corrected chi connectivity index (χ1v) is 8.14. The van der Waals surface area contributed by atoms with Gasteiger partial charge in [0.05, 0.1) is 5.69 Å². The van der Waals surface area contributed by atoms with Crippen LogP contribution in [0.2, 0.25) is 0 Å². The highest BCUT2D eigenvalue weighted by atomic mass is 79.9. The highest BCUT2D eigenvalue weighted by molar-refractivity contribution is 9.10. The minimum Gasteiger partial charge on any atom is -0.371 e. The molecule has 0 spiro atoms. The van der Waals surface area contributed by atoms with Crippen LogP contribution in [-0.2, 0) is 6.54 Å². The van der Waals surface area contributed by atoms with Crippen molar-refractivity contribution in [1.29, 1.82) is 0 Å². The molecular formula is C16H27BrN2. The summed E-state index contributed by atoms with van der Waals surface area (Å²) in [6.07, 6.45) is 2.37. The fourth-order valence-electron chi connectivity index (χ4n) is 2.13. The summed E-state index contributed by atoms with van der Waals surface area (Å²) >= 11 is 3.73. The van der Waals surface area contributed by atoms with Crippen LogP contribution in [-0.4, -0.2) is 19.1 Å². The van der Waals surface area contributed by atoms with E-state index in [0.29, 0.717) is 6.04 Å². The van der Waals surface area contributed by atoms with E-state index in [1.165, 1.54) is 28.6 Å². The third-order valence-corrected chi connectivity index (χ3v) is 3.69. The van der Waals surface area contributed by atoms with Crippen LogP contribution in [0.4, 0.5) is 5.69 Å². The van der Waals surface area contributed by atoms with E-state index < -0.39 is 0 Å². The summed E-state index contributed by atoms with van der Waals surface area (Å²) in [5.41, 5.74) is 2.65. The van der Waals surface area contributed by atoms with Crippen molar-refractivity contribution < 1.29 is 0 Å². The topological polar surface area (TPSA) is 15.3 Å². The molecule has 1 N–H and O–H groups in total. The van der Waals surface area contributed by atoms with Crippen molar-refractivity contribution in [2.75, 3.05) is 18.0 Å². The molecule has 0 amide bonds. The van der Waals surface area contributed by atoms with Crippen molar-refractivity contribution in [3.63, 3.8) is 0 Å². The largest absolute Gasteiger partial charge is 0.371 e. The average molecular weight is 327 g/mol. The first kappa shape index (κ1) is 16.5. The molecule has 0 aromatic heterocycles. The zero-order chi connectivity index (χ0) is 14.3. The molecule has 0 heterocycles. The molecule has 1 rings (SSSR count). The maximum atomic E-state index is 3.73. The minimum atomic E-state index is 0.523. The van der Waals surface area contributed by atoms with Crippen molar-refractivity contribution >= 4 is 21.6 Å². The maximum Gasteiger partial charge on any atom is 0.0510 e. The van der Waals surface area contributed by atoms with Gasteiger partial charge in [0, 0.05) is 30.1 Å². The molecule has 0 atom stereocenters. The number of nitrogens with one attached hydrogen (secondary N) is 1. The first-order valence-electron chi connectivity index (χ1n) is 7.35. The average Bonchev–Trinajstić information content (AvgIpc) is 2.36. The number of halogens is 1. The number of hydrogen-bond donors (Lipinski definition) is 1. The Hall–Kier alpha value is -0.540. The van der Waals surface area contributed by atoms with Crippen LogP contribution in [0.1, 0.15) is 46.1 Å². The van der Waals surface area contributed by atoms with Gasteiger partial charge in [-0.25, -0.2) is 0 Å². The van der Waals surface area contributed by atoms with Crippen molar-refractivity contribution in [3.8, 4) is 0 Å². The van der Waals surface area contributed by atoms with Crippen LogP contribution in [0.5, 0.6) is 0 Å². The van der Waals surface area contributed by atoms with Gasteiger partial charge in [-0.2, -0.15) is 0 Å². The second-order valence-corrected chi connectivity index (χ2v) is 6.16. The lowest BCUT2D eigenvalue weighted by molar-refractivity contribution is 0.588. The Morgan fingerprint density at radius 2 is 1.79 bits per heavy atom. The fraction of sp³-hybridized carbons (Fsp3) is 0.625. The molecule has 3 heteroatoms. The second-order valence-electron chi connectivity index (χ2n) is 5.31. The molecule has 0 aliphatic carbocycles. The number of nitrogens with zero attached hydrogens (tertiary/aromatic N) is 1. The van der Waals surface area contributed by atoms with Crippen molar-refractivity contribution in [3.05, 3.63) is 28.2 Å². The number of benzene rings is 1. The minimum absolute atomic E-state index is 0.523. The zero-order valence-electron chi connectivity index (χ0n) is 12.7. The van der Waals surface area contributed by atoms with E-state index >= 15 is 0 Å². The summed E-state index contributed by atoms with van der Waals surface area (Å²) in [6, 6.07) is 7.24. The second kappa shape index (κ2) is 8.60. The molecule has 0 radical (unpaired) electrons. The number of hydrogen-bond acceptors (Lipinski definition) is 2. The molecule has 1 aromatic rings. The Labute approximate surface area is 126 Å². The Bertz CT molecular complexity index is 371. The summed E-state index contributed by atoms with van der Waals surface area (Å²) in [5.74, 6) is 0. The van der Waals surface area contributed by atoms with Gasteiger partial charge < -0.3 is 10.2 Å². The summed E-state index contributed by atoms with van der Waals surface area (Å²) in [5, 5.41) is 3.45. The van der Waals surface area contributed by atoms with Gasteiger partial charge >= 0.3 is 0 Å². The van der Waals surface area contributed by atoms with Gasteiger partial charge in [0.15, 0.2) is 0 Å². The van der Waals surface area contributed by atoms with E-state index in [-0.39, 0.29) is 0 Å². The molecule has 108 valence electrons. The lowest BCUT2D eigenvalue weighted by Gasteiger charge is -2.25. The van der Waals surface area contributed by atoms with E-state index in [2.05, 4.69) is 72.0 Å². The normalized spacial score (nSPS) is 11.1. The Morgan fingerprint density at radius 3 is 2.26 bits per heavy atom. The number of anilines is 1. The molecule has 0 fully saturated rings. The highest BCUT2D eigenvalue weighted by Gasteiger charge is 2.09. The SMILES string of the molecule is CCCN(CCC)c1ccc(CNC(C)C)cc1Br. The fourth-order valence-corrected chi connectivity index (χ4v) is 2.81. The van der Waals surface area contributed by atoms with Gasteiger partial charge in [-0.3, -0.25) is 0 Å². The van der Waals surface area contributed by atoms with Gasteiger partial charge in [0.2, 0.25) is 0 Å². The third kappa shape index (κ3) is 5.53. The molecule has 0 saturated carbocycles. The molecule has 2 nitrogen and oxygen atoms in total. The van der Waals surface area contributed by atoms with Crippen molar-refractivity contribution in [2.45, 2.75) is 53.1 Å². The highest BCUT2D eigenvalue weighted by Crippen LogP contribution is 2.28. The van der Waals surface area contributed by atoms with Gasteiger partial charge in [-0.15, -0.1) is 0 Å². The number of rotatable bonds is 8. The van der Waals surface area contributed by atoms with Crippen LogP contribution in [0.3, 0.4) is 0 Å². The summed E-state index contributed by atoms with van der Waals surface area (Å²) < 4.78 is 1.21. The van der Waals surface area contributed by atoms with Crippen LogP contribution in [0.15, 0.2) is 22.7 Å². The predicted octanol–water partition coefficient (Wildman–Crippen LogP) is 4.57. The molecule has 1 aromatic carbocycles. The third-order valence-electron chi connectivity index (χ3n) is 3.05. The van der Waals surface area contributed by atoms with E-state index in [4.69, 9.17) is 0 Å². The molecule has 0 aliphatic heterocycles. The van der Waals surface area contributed by atoms with Crippen LogP contribution >= 0.6 is 15.9 Å². The smallest absolute Gasteiger partial charge is 0.0510 e. The maximum absolute atomic E-state index is 3.73. The van der Waals surface area contributed by atoms with Gasteiger partial charge in [-0.05, 0) is 46.5 Å². The van der Waals surface area contributed by atoms with Crippen LogP contribution in [0.25, 0.3) is 0 Å². The lowest BCUT2D eigenvalue weighted by Crippen LogP contribution is -2.25. The van der Waals surface area contributed by atoms with E-state index in [9.17, 15) is 0 Å². The molecule has 0 bridgehead atoms. The van der Waals surface area contributed by atoms with Gasteiger partial charge in [-0.1, -0.05) is 33.8 Å². The molecule has 0 unspecified atom stereocenters. The molecule has 19 heavy (non-hydrogen) atoms. The van der Waals surface area contributed by atoms with Gasteiger partial charge in [0.25, 0.3) is 0 Å². The lowest BCUT2D eigenvalue weighted by atomic mass is 10.1. The molecular weight excluding hydrogens is 300 g/mol. The van der Waals surface area contributed by atoms with E-state index in [0.717, 1.165) is 19.6 Å². The summed E-state index contributed by atoms with van der Waals surface area (Å²) in [7, 11) is 0. The molecule has 0 aliphatic rings. The summed E-state index contributed by atoms with van der Waals surface area (Å²) in [6.45, 7) is 12.0. The molecule has 0 saturated heterocycles. The van der Waals surface area contributed by atoms with Crippen molar-refractivity contribution in [2.24, 2.45) is 0 Å². The first-order chi connectivity index (χ1) is 9.08. The van der Waals surface area contributed by atoms with E-state index in [1.807, 2.05) is 0 Å². The summed E-state index contributed by atoms with van der Waals surface area (Å²) in [4.78, 5) is 2.46. The van der Waals surface area contributed by atoms with Crippen molar-refractivity contribution in [1.82, 2.24) is 5.32 Å². The van der Waals surface area contributed by atoms with Crippen LogP contribution in [0, 0.1) is 0 Å². The Morgan fingerprint density at radius 1 is 1.16 bits per heavy atom. The quantitative estimate of drug-likeness (QED) is 0.752. The zero-order valence-corrected chi connectivity index (χ0v) is 14.3. The standard InChI is InChI=1S/C16H27BrN2/c1-5-9-19(10-6-2)16-8-7-14(11-15(16)17)12-18-13(3)4/h7-8,11,13,18H,5-6,9-10,12H2,1-4H3. The Kier molecular flexibility index (Phi) is 7.47. The van der Waals surface area contributed by atoms with E-state index in [1.54, 1.807) is 0 Å². The predicted molar refractivity (Wildman–Crippen MR) is 88.9 cm³/mol.